The molecule has 2 aromatic carbocycles. The van der Waals surface area contributed by atoms with Gasteiger partial charge in [-0.05, 0) is 90.3 Å². The van der Waals surface area contributed by atoms with Gasteiger partial charge in [0.1, 0.15) is 23.4 Å². The van der Waals surface area contributed by atoms with E-state index >= 15 is 0 Å². The maximum atomic E-state index is 14.3. The van der Waals surface area contributed by atoms with E-state index in [1.54, 1.807) is 85.1 Å². The van der Waals surface area contributed by atoms with Gasteiger partial charge < -0.3 is 30.7 Å². The molecule has 40 heavy (non-hydrogen) atoms. The Kier molecular flexibility index (Phi) is 10.7. The fraction of sp³-hybridized carbons (Fsp3) is 0.467. The van der Waals surface area contributed by atoms with Crippen LogP contribution in [0, 0.1) is 6.92 Å². The summed E-state index contributed by atoms with van der Waals surface area (Å²) in [7, 11) is 1.55. The van der Waals surface area contributed by atoms with E-state index in [0.29, 0.717) is 17.0 Å². The van der Waals surface area contributed by atoms with Crippen LogP contribution in [0.15, 0.2) is 48.5 Å². The molecule has 0 fully saturated rings. The molecular formula is C30H42N4O6. The van der Waals surface area contributed by atoms with Crippen molar-refractivity contribution in [3.8, 4) is 5.75 Å². The fourth-order valence-electron chi connectivity index (χ4n) is 4.18. The number of alkyl carbamates (subject to hydrolysis) is 1. The summed E-state index contributed by atoms with van der Waals surface area (Å²) < 4.78 is 10.6. The normalized spacial score (nSPS) is 13.0. The SMILES string of the molecule is COc1ccc(NC(=O)C(c2ccccc2C)N(C(=O)C(CCC(N)=O)NC(=O)OC(C)(C)C)C(C)(C)C)cc1. The highest BCUT2D eigenvalue weighted by molar-refractivity contribution is 5.99. The van der Waals surface area contributed by atoms with Gasteiger partial charge in [-0.2, -0.15) is 0 Å². The van der Waals surface area contributed by atoms with Crippen LogP contribution < -0.4 is 21.1 Å². The zero-order chi connectivity index (χ0) is 30.3. The van der Waals surface area contributed by atoms with Crippen LogP contribution in [-0.4, -0.2) is 53.0 Å². The lowest BCUT2D eigenvalue weighted by molar-refractivity contribution is -0.147. The molecular weight excluding hydrogens is 512 g/mol. The van der Waals surface area contributed by atoms with Gasteiger partial charge in [-0.15, -0.1) is 0 Å². The van der Waals surface area contributed by atoms with Gasteiger partial charge >= 0.3 is 6.09 Å². The molecule has 2 atom stereocenters. The third-order valence-corrected chi connectivity index (χ3v) is 5.98. The summed E-state index contributed by atoms with van der Waals surface area (Å²) in [6.07, 6.45) is -1.04. The first-order chi connectivity index (χ1) is 18.5. The second-order valence-electron chi connectivity index (χ2n) is 11.6. The van der Waals surface area contributed by atoms with Crippen LogP contribution >= 0.6 is 0 Å². The van der Waals surface area contributed by atoms with E-state index in [9.17, 15) is 19.2 Å². The number of methoxy groups -OCH3 is 1. The number of hydrogen-bond donors (Lipinski definition) is 3. The molecule has 10 heteroatoms. The first kappa shape index (κ1) is 32.1. The highest BCUT2D eigenvalue weighted by atomic mass is 16.6. The van der Waals surface area contributed by atoms with E-state index < -0.39 is 47.0 Å². The molecule has 2 unspecified atom stereocenters. The molecule has 0 saturated heterocycles. The van der Waals surface area contributed by atoms with Crippen LogP contribution in [0.2, 0.25) is 0 Å². The van der Waals surface area contributed by atoms with E-state index in [-0.39, 0.29) is 12.8 Å². The van der Waals surface area contributed by atoms with Gasteiger partial charge in [-0.1, -0.05) is 24.3 Å². The summed E-state index contributed by atoms with van der Waals surface area (Å²) >= 11 is 0. The Labute approximate surface area is 236 Å². The quantitative estimate of drug-likeness (QED) is 0.396. The molecule has 2 rings (SSSR count). The lowest BCUT2D eigenvalue weighted by Gasteiger charge is -2.43. The van der Waals surface area contributed by atoms with Crippen molar-refractivity contribution >= 4 is 29.5 Å². The van der Waals surface area contributed by atoms with Crippen LogP contribution in [0.3, 0.4) is 0 Å². The number of rotatable bonds is 10. The molecule has 2 aromatic rings. The molecule has 0 heterocycles. The summed E-state index contributed by atoms with van der Waals surface area (Å²) in [5.74, 6) is -1.00. The second-order valence-corrected chi connectivity index (χ2v) is 11.6. The molecule has 0 spiro atoms. The first-order valence-electron chi connectivity index (χ1n) is 13.1. The van der Waals surface area contributed by atoms with Gasteiger partial charge in [0.15, 0.2) is 0 Å². The second kappa shape index (κ2) is 13.3. The third kappa shape index (κ3) is 9.29. The van der Waals surface area contributed by atoms with Crippen LogP contribution in [-0.2, 0) is 19.1 Å². The number of aryl methyl sites for hydroxylation is 1. The topological polar surface area (TPSA) is 140 Å². The molecule has 0 saturated carbocycles. The molecule has 0 aliphatic rings. The summed E-state index contributed by atoms with van der Waals surface area (Å²) in [6, 6.07) is 11.9. The average Bonchev–Trinajstić information content (AvgIpc) is 2.83. The molecule has 4 amide bonds. The number of hydrogen-bond acceptors (Lipinski definition) is 6. The number of carbonyl (C=O) groups excluding carboxylic acids is 4. The Morgan fingerprint density at radius 2 is 1.55 bits per heavy atom. The molecule has 0 bridgehead atoms. The minimum atomic E-state index is -1.18. The number of nitrogens with one attached hydrogen (secondary N) is 2. The molecule has 218 valence electrons. The van der Waals surface area contributed by atoms with Crippen molar-refractivity contribution in [2.75, 3.05) is 12.4 Å². The molecule has 0 aliphatic heterocycles. The highest BCUT2D eigenvalue weighted by Crippen LogP contribution is 2.33. The minimum absolute atomic E-state index is 0.0689. The van der Waals surface area contributed by atoms with Crippen molar-refractivity contribution in [2.45, 2.75) is 84.5 Å². The Balaban J connectivity index is 2.59. The van der Waals surface area contributed by atoms with Crippen molar-refractivity contribution in [3.63, 3.8) is 0 Å². The average molecular weight is 555 g/mol. The minimum Gasteiger partial charge on any atom is -0.497 e. The summed E-state index contributed by atoms with van der Waals surface area (Å²) in [5, 5.41) is 5.51. The molecule has 0 aliphatic carbocycles. The number of ether oxygens (including phenoxy) is 2. The third-order valence-electron chi connectivity index (χ3n) is 5.98. The fourth-order valence-corrected chi connectivity index (χ4v) is 4.18. The van der Waals surface area contributed by atoms with Crippen molar-refractivity contribution in [3.05, 3.63) is 59.7 Å². The smallest absolute Gasteiger partial charge is 0.408 e. The van der Waals surface area contributed by atoms with E-state index in [1.807, 2.05) is 19.1 Å². The Morgan fingerprint density at radius 1 is 0.950 bits per heavy atom. The lowest BCUT2D eigenvalue weighted by Crippen LogP contribution is -2.58. The van der Waals surface area contributed by atoms with E-state index in [1.165, 1.54) is 4.90 Å². The van der Waals surface area contributed by atoms with Gasteiger partial charge in [0.05, 0.1) is 7.11 Å². The Hall–Kier alpha value is -4.08. The monoisotopic (exact) mass is 554 g/mol. The first-order valence-corrected chi connectivity index (χ1v) is 13.1. The van der Waals surface area contributed by atoms with Gasteiger partial charge in [-0.3, -0.25) is 14.4 Å². The van der Waals surface area contributed by atoms with Crippen LogP contribution in [0.25, 0.3) is 0 Å². The number of nitrogens with two attached hydrogens (primary N) is 1. The molecule has 10 nitrogen and oxygen atoms in total. The predicted octanol–water partition coefficient (Wildman–Crippen LogP) is 4.47. The van der Waals surface area contributed by atoms with Gasteiger partial charge in [0, 0.05) is 17.6 Å². The van der Waals surface area contributed by atoms with Gasteiger partial charge in [0.25, 0.3) is 5.91 Å². The largest absolute Gasteiger partial charge is 0.497 e. The van der Waals surface area contributed by atoms with Crippen molar-refractivity contribution in [1.29, 1.82) is 0 Å². The van der Waals surface area contributed by atoms with E-state index in [0.717, 1.165) is 5.56 Å². The van der Waals surface area contributed by atoms with E-state index in [4.69, 9.17) is 15.2 Å². The van der Waals surface area contributed by atoms with Gasteiger partial charge in [-0.25, -0.2) is 4.79 Å². The van der Waals surface area contributed by atoms with Crippen LogP contribution in [0.1, 0.15) is 71.6 Å². The summed E-state index contributed by atoms with van der Waals surface area (Å²) in [4.78, 5) is 54.1. The maximum absolute atomic E-state index is 14.3. The van der Waals surface area contributed by atoms with Crippen molar-refractivity contribution in [2.24, 2.45) is 5.73 Å². The number of carbonyl (C=O) groups is 4. The number of anilines is 1. The van der Waals surface area contributed by atoms with Crippen LogP contribution in [0.5, 0.6) is 5.75 Å². The number of amides is 4. The zero-order valence-corrected chi connectivity index (χ0v) is 24.7. The number of nitrogens with zero attached hydrogens (tertiary/aromatic N) is 1. The van der Waals surface area contributed by atoms with Crippen LogP contribution in [0.4, 0.5) is 10.5 Å². The Morgan fingerprint density at radius 3 is 2.05 bits per heavy atom. The maximum Gasteiger partial charge on any atom is 0.408 e. The molecule has 4 N–H and O–H groups in total. The van der Waals surface area contributed by atoms with E-state index in [2.05, 4.69) is 10.6 Å². The zero-order valence-electron chi connectivity index (χ0n) is 24.7. The summed E-state index contributed by atoms with van der Waals surface area (Å²) in [5.41, 5.74) is 5.61. The molecule has 0 aromatic heterocycles. The lowest BCUT2D eigenvalue weighted by atomic mass is 9.92. The molecule has 0 radical (unpaired) electrons. The standard InChI is InChI=1S/C30H42N4O6/c1-19-11-9-10-12-22(19)25(26(36)32-20-13-15-21(39-8)16-14-20)34(29(2,3)4)27(37)23(17-18-24(31)35)33-28(38)40-30(5,6)7/h9-16,23,25H,17-18H2,1-8H3,(H2,31,35)(H,32,36)(H,33,38). The van der Waals surface area contributed by atoms with Crippen molar-refractivity contribution in [1.82, 2.24) is 10.2 Å². The Bertz CT molecular complexity index is 1200. The number of primary amides is 1. The highest BCUT2D eigenvalue weighted by Gasteiger charge is 2.42. The van der Waals surface area contributed by atoms with Crippen molar-refractivity contribution < 1.29 is 28.7 Å². The number of benzene rings is 2. The predicted molar refractivity (Wildman–Crippen MR) is 154 cm³/mol. The van der Waals surface area contributed by atoms with Gasteiger partial charge in [0.2, 0.25) is 11.8 Å². The summed E-state index contributed by atoms with van der Waals surface area (Å²) in [6.45, 7) is 12.4.